The highest BCUT2D eigenvalue weighted by atomic mass is 32.2. The van der Waals surface area contributed by atoms with Gasteiger partial charge in [0, 0.05) is 11.6 Å². The number of hydrogen-bond donors (Lipinski definition) is 2. The normalized spacial score (nSPS) is 23.1. The van der Waals surface area contributed by atoms with Crippen molar-refractivity contribution >= 4 is 21.8 Å². The summed E-state index contributed by atoms with van der Waals surface area (Å²) in [5.74, 6) is 0.0899. The molecule has 1 fully saturated rings. The molecule has 0 unspecified atom stereocenters. The number of nitrogens with one attached hydrogen (secondary N) is 2. The molecule has 1 aliphatic heterocycles. The van der Waals surface area contributed by atoms with E-state index in [0.717, 1.165) is 25.7 Å². The lowest BCUT2D eigenvalue weighted by Gasteiger charge is -2.18. The number of amides is 1. The fourth-order valence-corrected chi connectivity index (χ4v) is 4.47. The molecule has 6 nitrogen and oxygen atoms in total. The Hall–Kier alpha value is -1.89. The number of nitrogens with zero attached hydrogens (tertiary/aromatic N) is 1. The van der Waals surface area contributed by atoms with E-state index in [1.807, 2.05) is 0 Å². The molecule has 2 N–H and O–H groups in total. The Bertz CT molecular complexity index is 750. The van der Waals surface area contributed by atoms with Crippen LogP contribution < -0.4 is 10.0 Å². The molecule has 2 aliphatic rings. The van der Waals surface area contributed by atoms with E-state index in [1.165, 1.54) is 18.9 Å². The molecule has 0 aromatic heterocycles. The Morgan fingerprint density at radius 1 is 1.21 bits per heavy atom. The molecule has 1 amide bonds. The van der Waals surface area contributed by atoms with Crippen molar-refractivity contribution in [3.63, 3.8) is 0 Å². The molecule has 0 spiro atoms. The van der Waals surface area contributed by atoms with Gasteiger partial charge >= 0.3 is 0 Å². The van der Waals surface area contributed by atoms with Gasteiger partial charge in [-0.2, -0.15) is 0 Å². The zero-order valence-corrected chi connectivity index (χ0v) is 14.6. The maximum absolute atomic E-state index is 12.4. The van der Waals surface area contributed by atoms with Crippen LogP contribution in [0.5, 0.6) is 0 Å². The summed E-state index contributed by atoms with van der Waals surface area (Å²) in [6.07, 6.45) is 6.74. The van der Waals surface area contributed by atoms with Crippen molar-refractivity contribution in [3.05, 3.63) is 29.8 Å². The van der Waals surface area contributed by atoms with E-state index < -0.39 is 16.1 Å². The number of rotatable bonds is 3. The molecule has 7 heteroatoms. The number of aliphatic imine (C=N–C) groups is 1. The first-order valence-corrected chi connectivity index (χ1v) is 9.96. The Balaban J connectivity index is 1.73. The molecular formula is C17H23N3O3S. The maximum atomic E-state index is 12.4. The van der Waals surface area contributed by atoms with E-state index in [1.54, 1.807) is 25.1 Å². The van der Waals surface area contributed by atoms with Gasteiger partial charge in [-0.15, -0.1) is 0 Å². The van der Waals surface area contributed by atoms with E-state index in [9.17, 15) is 13.2 Å². The molecule has 1 aromatic rings. The van der Waals surface area contributed by atoms with Gasteiger partial charge in [-0.05, 0) is 31.9 Å². The molecule has 3 rings (SSSR count). The standard InChI is InChI=1S/C17H23N3O3S/c1-12(17(21)19-13-8-4-2-3-5-9-13)18-16-14-10-6-7-11-15(14)24(22,23)20-16/h6-7,10-13H,2-5,8-9H2,1H3,(H,18,20)(H,19,21)/t12-/m0/s1. The van der Waals surface area contributed by atoms with Crippen LogP contribution in [0.25, 0.3) is 0 Å². The molecule has 130 valence electrons. The topological polar surface area (TPSA) is 87.6 Å². The third-order valence-electron chi connectivity index (χ3n) is 4.57. The third-order valence-corrected chi connectivity index (χ3v) is 5.96. The average molecular weight is 349 g/mol. The predicted octanol–water partition coefficient (Wildman–Crippen LogP) is 1.95. The highest BCUT2D eigenvalue weighted by molar-refractivity contribution is 7.90. The fourth-order valence-electron chi connectivity index (χ4n) is 3.23. The van der Waals surface area contributed by atoms with Gasteiger partial charge in [0.2, 0.25) is 5.91 Å². The summed E-state index contributed by atoms with van der Waals surface area (Å²) in [4.78, 5) is 16.9. The van der Waals surface area contributed by atoms with Crippen LogP contribution in [-0.2, 0) is 14.8 Å². The van der Waals surface area contributed by atoms with E-state index >= 15 is 0 Å². The summed E-state index contributed by atoms with van der Waals surface area (Å²) in [7, 11) is -3.57. The van der Waals surface area contributed by atoms with Crippen LogP contribution in [0.1, 0.15) is 51.0 Å². The van der Waals surface area contributed by atoms with Crippen molar-refractivity contribution in [2.24, 2.45) is 4.99 Å². The lowest BCUT2D eigenvalue weighted by molar-refractivity contribution is -0.122. The monoisotopic (exact) mass is 349 g/mol. The van der Waals surface area contributed by atoms with Gasteiger partial charge < -0.3 is 5.32 Å². The van der Waals surface area contributed by atoms with E-state index in [4.69, 9.17) is 0 Å². The minimum atomic E-state index is -3.57. The number of sulfonamides is 1. The summed E-state index contributed by atoms with van der Waals surface area (Å²) in [5, 5.41) is 3.05. The van der Waals surface area contributed by atoms with Crippen molar-refractivity contribution in [3.8, 4) is 0 Å². The Morgan fingerprint density at radius 3 is 2.58 bits per heavy atom. The summed E-state index contributed by atoms with van der Waals surface area (Å²) >= 11 is 0. The molecule has 24 heavy (non-hydrogen) atoms. The van der Waals surface area contributed by atoms with Gasteiger partial charge in [0.15, 0.2) is 0 Å². The van der Waals surface area contributed by atoms with E-state index in [0.29, 0.717) is 5.56 Å². The van der Waals surface area contributed by atoms with Crippen LogP contribution in [0.15, 0.2) is 34.2 Å². The quantitative estimate of drug-likeness (QED) is 0.818. The molecule has 0 radical (unpaired) electrons. The van der Waals surface area contributed by atoms with Crippen molar-refractivity contribution in [2.45, 2.75) is 62.4 Å². The predicted molar refractivity (Wildman–Crippen MR) is 92.4 cm³/mol. The number of amidine groups is 1. The smallest absolute Gasteiger partial charge is 0.263 e. The fraction of sp³-hybridized carbons (Fsp3) is 0.529. The summed E-state index contributed by atoms with van der Waals surface area (Å²) in [6, 6.07) is 6.22. The molecule has 1 aliphatic carbocycles. The van der Waals surface area contributed by atoms with Crippen LogP contribution in [0.2, 0.25) is 0 Å². The van der Waals surface area contributed by atoms with Gasteiger partial charge in [0.25, 0.3) is 10.0 Å². The Morgan fingerprint density at radius 2 is 1.88 bits per heavy atom. The largest absolute Gasteiger partial charge is 0.352 e. The van der Waals surface area contributed by atoms with Crippen molar-refractivity contribution < 1.29 is 13.2 Å². The lowest BCUT2D eigenvalue weighted by Crippen LogP contribution is -2.40. The van der Waals surface area contributed by atoms with Gasteiger partial charge in [0.1, 0.15) is 11.9 Å². The van der Waals surface area contributed by atoms with Crippen LogP contribution >= 0.6 is 0 Å². The molecule has 0 bridgehead atoms. The minimum absolute atomic E-state index is 0.155. The van der Waals surface area contributed by atoms with Crippen molar-refractivity contribution in [1.82, 2.24) is 10.0 Å². The van der Waals surface area contributed by atoms with E-state index in [2.05, 4.69) is 15.0 Å². The maximum Gasteiger partial charge on any atom is 0.263 e. The van der Waals surface area contributed by atoms with Gasteiger partial charge in [-0.1, -0.05) is 37.8 Å². The lowest BCUT2D eigenvalue weighted by atomic mass is 10.1. The zero-order chi connectivity index (χ0) is 17.2. The van der Waals surface area contributed by atoms with Crippen LogP contribution in [0.4, 0.5) is 0 Å². The number of fused-ring (bicyclic) bond motifs is 1. The summed E-state index contributed by atoms with van der Waals surface area (Å²) in [6.45, 7) is 1.69. The molecular weight excluding hydrogens is 326 g/mol. The second-order valence-corrected chi connectivity index (χ2v) is 8.10. The first-order chi connectivity index (χ1) is 11.5. The van der Waals surface area contributed by atoms with Gasteiger partial charge in [0.05, 0.1) is 4.90 Å². The molecule has 1 saturated carbocycles. The number of benzene rings is 1. The second-order valence-electron chi connectivity index (χ2n) is 6.45. The van der Waals surface area contributed by atoms with Crippen molar-refractivity contribution in [2.75, 3.05) is 0 Å². The second kappa shape index (κ2) is 6.93. The summed E-state index contributed by atoms with van der Waals surface area (Å²) in [5.41, 5.74) is 0.520. The number of carbonyl (C=O) groups is 1. The SMILES string of the molecule is C[C@H](N=C1NS(=O)(=O)c2ccccc21)C(=O)NC1CCCCCC1. The van der Waals surface area contributed by atoms with E-state index in [-0.39, 0.29) is 22.7 Å². The highest BCUT2D eigenvalue weighted by Crippen LogP contribution is 2.22. The summed E-state index contributed by atoms with van der Waals surface area (Å²) < 4.78 is 26.6. The number of carbonyl (C=O) groups excluding carboxylic acids is 1. The molecule has 1 atom stereocenters. The Kier molecular flexibility index (Phi) is 4.89. The first kappa shape index (κ1) is 17.0. The van der Waals surface area contributed by atoms with Crippen LogP contribution in [-0.4, -0.2) is 32.2 Å². The minimum Gasteiger partial charge on any atom is -0.352 e. The molecule has 1 heterocycles. The average Bonchev–Trinajstić information content (AvgIpc) is 2.73. The van der Waals surface area contributed by atoms with Crippen molar-refractivity contribution in [1.29, 1.82) is 0 Å². The van der Waals surface area contributed by atoms with Gasteiger partial charge in [-0.3, -0.25) is 14.5 Å². The highest BCUT2D eigenvalue weighted by Gasteiger charge is 2.31. The van der Waals surface area contributed by atoms with Crippen LogP contribution in [0.3, 0.4) is 0 Å². The zero-order valence-electron chi connectivity index (χ0n) is 13.8. The van der Waals surface area contributed by atoms with Gasteiger partial charge in [-0.25, -0.2) is 8.42 Å². The van der Waals surface area contributed by atoms with Crippen LogP contribution in [0, 0.1) is 0 Å². The molecule has 0 saturated heterocycles. The first-order valence-electron chi connectivity index (χ1n) is 8.48. The molecule has 1 aromatic carbocycles. The Labute approximate surface area is 142 Å². The third kappa shape index (κ3) is 3.61. The number of hydrogen-bond acceptors (Lipinski definition) is 4.